The van der Waals surface area contributed by atoms with Crippen molar-refractivity contribution in [3.8, 4) is 34.5 Å². The van der Waals surface area contributed by atoms with Gasteiger partial charge in [0.2, 0.25) is 17.8 Å². The minimum Gasteiger partial charge on any atom is -0.490 e. The molecule has 456 valence electrons. The highest BCUT2D eigenvalue weighted by atomic mass is 16.5. The molecule has 3 aromatic carbocycles. The summed E-state index contributed by atoms with van der Waals surface area (Å²) >= 11 is 0. The first-order valence-corrected chi connectivity index (χ1v) is 32.6. The summed E-state index contributed by atoms with van der Waals surface area (Å²) in [5, 5.41) is 10.6. The molecule has 6 atom stereocenters. The lowest BCUT2D eigenvalue weighted by Crippen LogP contribution is -2.10. The van der Waals surface area contributed by atoms with E-state index in [9.17, 15) is 0 Å². The van der Waals surface area contributed by atoms with Crippen molar-refractivity contribution >= 4 is 34.9 Å². The van der Waals surface area contributed by atoms with Gasteiger partial charge in [-0.3, -0.25) is 0 Å². The third-order valence-corrected chi connectivity index (χ3v) is 15.7. The van der Waals surface area contributed by atoms with Crippen LogP contribution in [0.2, 0.25) is 0 Å². The Morgan fingerprint density at radius 3 is 0.679 bits per heavy atom. The molecule has 81 heavy (non-hydrogen) atoms. The number of benzene rings is 3. The number of aromatic nitrogens is 3. The molecule has 0 saturated carbocycles. The molecule has 0 spiro atoms. The largest absolute Gasteiger partial charge is 0.490 e. The number of nitrogens with one attached hydrogen (secondary N) is 3. The van der Waals surface area contributed by atoms with Gasteiger partial charge in [0, 0.05) is 35.3 Å². The molecule has 6 unspecified atom stereocenters. The van der Waals surface area contributed by atoms with Crippen LogP contribution in [-0.2, 0) is 0 Å². The summed E-state index contributed by atoms with van der Waals surface area (Å²) in [5.74, 6) is 8.84. The Labute approximate surface area is 493 Å². The molecule has 12 heteroatoms. The second-order valence-corrected chi connectivity index (χ2v) is 24.0. The van der Waals surface area contributed by atoms with Crippen LogP contribution in [-0.4, -0.2) is 54.6 Å². The summed E-state index contributed by atoms with van der Waals surface area (Å²) in [4.78, 5) is 15.0. The van der Waals surface area contributed by atoms with Crippen LogP contribution in [0.5, 0.6) is 34.5 Å². The van der Waals surface area contributed by atoms with Crippen LogP contribution in [0.3, 0.4) is 0 Å². The molecule has 0 saturated heterocycles. The molecule has 0 fully saturated rings. The van der Waals surface area contributed by atoms with Gasteiger partial charge in [0.05, 0.1) is 39.6 Å². The van der Waals surface area contributed by atoms with Gasteiger partial charge in [-0.25, -0.2) is 0 Å². The van der Waals surface area contributed by atoms with Crippen molar-refractivity contribution in [2.45, 2.75) is 237 Å². The van der Waals surface area contributed by atoms with Gasteiger partial charge in [-0.1, -0.05) is 199 Å². The van der Waals surface area contributed by atoms with Crippen LogP contribution in [0.15, 0.2) is 54.6 Å². The van der Waals surface area contributed by atoms with Crippen LogP contribution in [0, 0.1) is 35.5 Å². The van der Waals surface area contributed by atoms with E-state index < -0.39 is 0 Å². The molecule has 0 amide bonds. The van der Waals surface area contributed by atoms with Crippen LogP contribution in [0.1, 0.15) is 237 Å². The SMILES string of the molecule is CCCCC(C)CCOc1ccc(Nc2nc(Nc3ccc(OCCC(C)CCCC)c(OCCC(C)CCCC)c3)nc(Nc3ccc(OCCC(C)CCCC)c(OCCC(C)CCCC)c3)n2)cc1OCCC(C)CCCC. The van der Waals surface area contributed by atoms with E-state index in [1.807, 2.05) is 54.6 Å². The van der Waals surface area contributed by atoms with E-state index in [4.69, 9.17) is 43.4 Å². The molecule has 3 N–H and O–H groups in total. The minimum atomic E-state index is 0.344. The average molecular weight is 1120 g/mol. The molecule has 0 aliphatic carbocycles. The zero-order chi connectivity index (χ0) is 58.5. The second-order valence-electron chi connectivity index (χ2n) is 24.0. The standard InChI is InChI=1S/C69H114N6O6/c1-13-19-25-52(7)37-43-76-61-34-31-58(49-64(61)79-46-40-55(10)28-22-16-4)70-67-73-68(71-59-32-35-62(77-44-38-53(8)26-20-14-2)65(50-59)80-47-41-56(11)29-23-17-5)75-69(74-67)72-60-33-36-63(78-45-39-54(9)27-21-15-3)66(51-60)81-48-42-57(12)30-24-18-6/h31-36,49-57H,13-30,37-48H2,1-12H3,(H3,70,71,72,73,74,75). The number of ether oxygens (including phenoxy) is 6. The Bertz CT molecular complexity index is 2000. The number of anilines is 6. The second kappa shape index (κ2) is 41.0. The Morgan fingerprint density at radius 2 is 0.481 bits per heavy atom. The number of hydrogen-bond acceptors (Lipinski definition) is 12. The summed E-state index contributed by atoms with van der Waals surface area (Å²) in [6.07, 6.45) is 27.7. The van der Waals surface area contributed by atoms with E-state index >= 15 is 0 Å². The fourth-order valence-electron chi connectivity index (χ4n) is 9.79. The van der Waals surface area contributed by atoms with E-state index in [1.54, 1.807) is 0 Å². The number of unbranched alkanes of at least 4 members (excludes halogenated alkanes) is 6. The van der Waals surface area contributed by atoms with Crippen molar-refractivity contribution in [1.82, 2.24) is 15.0 Å². The smallest absolute Gasteiger partial charge is 0.233 e. The van der Waals surface area contributed by atoms with Crippen LogP contribution in [0.4, 0.5) is 34.9 Å². The molecular formula is C69H114N6O6. The number of rotatable bonds is 48. The quantitative estimate of drug-likeness (QED) is 0.0389. The van der Waals surface area contributed by atoms with Gasteiger partial charge >= 0.3 is 0 Å². The molecule has 4 rings (SSSR count). The van der Waals surface area contributed by atoms with Crippen molar-refractivity contribution in [3.05, 3.63) is 54.6 Å². The molecule has 0 aliphatic rings. The molecule has 0 aliphatic heterocycles. The first-order valence-electron chi connectivity index (χ1n) is 32.6. The van der Waals surface area contributed by atoms with E-state index in [2.05, 4.69) is 99.0 Å². The predicted octanol–water partition coefficient (Wildman–Crippen LogP) is 20.7. The first kappa shape index (κ1) is 68.4. The summed E-state index contributed by atoms with van der Waals surface area (Å²) in [6, 6.07) is 18.0. The summed E-state index contributed by atoms with van der Waals surface area (Å²) in [6.45, 7) is 31.1. The predicted molar refractivity (Wildman–Crippen MR) is 342 cm³/mol. The third kappa shape index (κ3) is 28.6. The Balaban J connectivity index is 1.73. The van der Waals surface area contributed by atoms with Gasteiger partial charge in [-0.15, -0.1) is 0 Å². The summed E-state index contributed by atoms with van der Waals surface area (Å²) in [5.41, 5.74) is 2.29. The highest BCUT2D eigenvalue weighted by molar-refractivity contribution is 5.66. The maximum Gasteiger partial charge on any atom is 0.233 e. The van der Waals surface area contributed by atoms with E-state index in [0.717, 1.165) is 72.8 Å². The van der Waals surface area contributed by atoms with Crippen molar-refractivity contribution in [2.75, 3.05) is 55.6 Å². The van der Waals surface area contributed by atoms with Crippen molar-refractivity contribution in [2.24, 2.45) is 35.5 Å². The Hall–Kier alpha value is -5.13. The lowest BCUT2D eigenvalue weighted by molar-refractivity contribution is 0.238. The topological polar surface area (TPSA) is 130 Å². The van der Waals surface area contributed by atoms with Crippen molar-refractivity contribution in [3.63, 3.8) is 0 Å². The van der Waals surface area contributed by atoms with Gasteiger partial charge in [0.1, 0.15) is 0 Å². The fourth-order valence-corrected chi connectivity index (χ4v) is 9.79. The lowest BCUT2D eigenvalue weighted by Gasteiger charge is -2.18. The molecular weight excluding hydrogens is 1010 g/mol. The van der Waals surface area contributed by atoms with Crippen molar-refractivity contribution in [1.29, 1.82) is 0 Å². The average Bonchev–Trinajstić information content (AvgIpc) is 3.46. The van der Waals surface area contributed by atoms with E-state index in [0.29, 0.717) is 110 Å². The minimum absolute atomic E-state index is 0.344. The molecule has 1 heterocycles. The number of hydrogen-bond donors (Lipinski definition) is 3. The van der Waals surface area contributed by atoms with Gasteiger partial charge in [0.15, 0.2) is 34.5 Å². The maximum atomic E-state index is 6.57. The van der Waals surface area contributed by atoms with Gasteiger partial charge in [-0.05, 0) is 110 Å². The highest BCUT2D eigenvalue weighted by Gasteiger charge is 2.17. The fraction of sp³-hybridized carbons (Fsp3) is 0.696. The summed E-state index contributed by atoms with van der Waals surface area (Å²) in [7, 11) is 0. The zero-order valence-corrected chi connectivity index (χ0v) is 53.2. The molecule has 12 nitrogen and oxygen atoms in total. The maximum absolute atomic E-state index is 6.57. The molecule has 0 bridgehead atoms. The van der Waals surface area contributed by atoms with Crippen LogP contribution >= 0.6 is 0 Å². The van der Waals surface area contributed by atoms with Gasteiger partial charge in [0.25, 0.3) is 0 Å². The van der Waals surface area contributed by atoms with E-state index in [1.165, 1.54) is 116 Å². The first-order chi connectivity index (χ1) is 39.4. The summed E-state index contributed by atoms with van der Waals surface area (Å²) < 4.78 is 39.1. The molecule has 1 aromatic heterocycles. The molecule has 4 aromatic rings. The highest BCUT2D eigenvalue weighted by Crippen LogP contribution is 2.37. The van der Waals surface area contributed by atoms with Crippen molar-refractivity contribution < 1.29 is 28.4 Å². The van der Waals surface area contributed by atoms with E-state index in [-0.39, 0.29) is 0 Å². The molecule has 0 radical (unpaired) electrons. The lowest BCUT2D eigenvalue weighted by atomic mass is 10.0. The zero-order valence-electron chi connectivity index (χ0n) is 53.2. The Kier molecular flexibility index (Phi) is 34.6. The monoisotopic (exact) mass is 1120 g/mol. The van der Waals surface area contributed by atoms with Crippen LogP contribution < -0.4 is 44.4 Å². The number of nitrogens with zero attached hydrogens (tertiary/aromatic N) is 3. The van der Waals surface area contributed by atoms with Gasteiger partial charge < -0.3 is 44.4 Å². The normalized spacial score (nSPS) is 13.6. The van der Waals surface area contributed by atoms with Crippen LogP contribution in [0.25, 0.3) is 0 Å². The van der Waals surface area contributed by atoms with Gasteiger partial charge in [-0.2, -0.15) is 15.0 Å². The third-order valence-electron chi connectivity index (χ3n) is 15.7. The Morgan fingerprint density at radius 1 is 0.284 bits per heavy atom.